The number of carbonyl (C=O) groups excluding carboxylic acids is 2. The molecule has 2 heterocycles. The van der Waals surface area contributed by atoms with Gasteiger partial charge in [0.05, 0.1) is 24.6 Å². The predicted molar refractivity (Wildman–Crippen MR) is 132 cm³/mol. The van der Waals surface area contributed by atoms with E-state index in [1.54, 1.807) is 11.0 Å². The Morgan fingerprint density at radius 3 is 2.61 bits per heavy atom. The molecule has 0 unspecified atom stereocenters. The van der Waals surface area contributed by atoms with Crippen LogP contribution in [0.5, 0.6) is 0 Å². The lowest BCUT2D eigenvalue weighted by Gasteiger charge is -2.48. The van der Waals surface area contributed by atoms with Gasteiger partial charge in [-0.15, -0.1) is 11.3 Å². The van der Waals surface area contributed by atoms with Gasteiger partial charge in [-0.3, -0.25) is 19.4 Å². The Morgan fingerprint density at radius 2 is 1.91 bits per heavy atom. The Balaban J connectivity index is 1.38. The molecule has 1 saturated heterocycles. The fraction of sp³-hybridized carbons (Fsp3) is 0.480. The van der Waals surface area contributed by atoms with E-state index in [4.69, 9.17) is 4.74 Å². The molecule has 1 aliphatic heterocycles. The fourth-order valence-corrected chi connectivity index (χ4v) is 5.64. The number of anilines is 2. The van der Waals surface area contributed by atoms with E-state index in [-0.39, 0.29) is 17.4 Å². The first-order valence-corrected chi connectivity index (χ1v) is 12.6. The molecule has 0 bridgehead atoms. The average molecular weight is 469 g/mol. The van der Waals surface area contributed by atoms with E-state index in [0.29, 0.717) is 17.4 Å². The molecule has 1 aromatic carbocycles. The molecule has 2 aromatic rings. The van der Waals surface area contributed by atoms with Crippen molar-refractivity contribution in [2.24, 2.45) is 0 Å². The van der Waals surface area contributed by atoms with Crippen molar-refractivity contribution in [3.05, 3.63) is 47.5 Å². The molecule has 2 aliphatic rings. The van der Waals surface area contributed by atoms with Crippen LogP contribution in [-0.2, 0) is 14.3 Å². The van der Waals surface area contributed by atoms with Crippen molar-refractivity contribution in [2.75, 3.05) is 37.7 Å². The van der Waals surface area contributed by atoms with Crippen LogP contribution < -0.4 is 10.2 Å². The summed E-state index contributed by atoms with van der Waals surface area (Å²) in [7, 11) is 0. The van der Waals surface area contributed by atoms with Crippen molar-refractivity contribution in [2.45, 2.75) is 44.6 Å². The van der Waals surface area contributed by atoms with Gasteiger partial charge in [0.15, 0.2) is 5.13 Å². The lowest BCUT2D eigenvalue weighted by molar-refractivity contribution is -0.118. The highest BCUT2D eigenvalue weighted by molar-refractivity contribution is 7.14. The molecular formula is C25H32N4O3S. The van der Waals surface area contributed by atoms with E-state index in [9.17, 15) is 9.59 Å². The highest BCUT2D eigenvalue weighted by atomic mass is 32.1. The van der Waals surface area contributed by atoms with E-state index in [2.05, 4.69) is 15.2 Å². The predicted octanol–water partition coefficient (Wildman–Crippen LogP) is 3.99. The molecule has 2 amide bonds. The summed E-state index contributed by atoms with van der Waals surface area (Å²) in [6.45, 7) is 5.57. The van der Waals surface area contributed by atoms with Crippen LogP contribution in [0, 0.1) is 0 Å². The summed E-state index contributed by atoms with van der Waals surface area (Å²) in [5.41, 5.74) is 1.47. The number of nitrogens with one attached hydrogen (secondary N) is 1. The Hall–Kier alpha value is -2.55. The van der Waals surface area contributed by atoms with Crippen LogP contribution in [-0.4, -0.2) is 60.1 Å². The summed E-state index contributed by atoms with van der Waals surface area (Å²) in [6, 6.07) is 9.44. The molecule has 0 spiro atoms. The van der Waals surface area contributed by atoms with Gasteiger partial charge in [-0.2, -0.15) is 0 Å². The van der Waals surface area contributed by atoms with E-state index in [1.807, 2.05) is 35.7 Å². The van der Waals surface area contributed by atoms with Crippen LogP contribution in [0.4, 0.5) is 10.8 Å². The molecule has 33 heavy (non-hydrogen) atoms. The third-order valence-electron chi connectivity index (χ3n) is 6.49. The van der Waals surface area contributed by atoms with Crippen molar-refractivity contribution < 1.29 is 14.3 Å². The zero-order valence-corrected chi connectivity index (χ0v) is 20.0. The number of benzene rings is 1. The second-order valence-electron chi connectivity index (χ2n) is 8.68. The van der Waals surface area contributed by atoms with Gasteiger partial charge in [0.25, 0.3) is 0 Å². The molecule has 1 aromatic heterocycles. The molecule has 7 nitrogen and oxygen atoms in total. The van der Waals surface area contributed by atoms with Crippen molar-refractivity contribution in [1.82, 2.24) is 15.2 Å². The highest BCUT2D eigenvalue weighted by Crippen LogP contribution is 2.34. The summed E-state index contributed by atoms with van der Waals surface area (Å²) >= 11 is 1.38. The monoisotopic (exact) mass is 468 g/mol. The first kappa shape index (κ1) is 23.6. The molecule has 0 atom stereocenters. The van der Waals surface area contributed by atoms with E-state index >= 15 is 0 Å². The number of hydrogen-bond acceptors (Lipinski definition) is 6. The van der Waals surface area contributed by atoms with Crippen LogP contribution >= 0.6 is 11.3 Å². The maximum absolute atomic E-state index is 12.6. The summed E-state index contributed by atoms with van der Waals surface area (Å²) < 4.78 is 5.54. The maximum atomic E-state index is 12.6. The summed E-state index contributed by atoms with van der Waals surface area (Å²) in [5.74, 6) is -0.223. The van der Waals surface area contributed by atoms with Crippen molar-refractivity contribution >= 4 is 40.0 Å². The number of thiazole rings is 1. The molecule has 2 fully saturated rings. The third-order valence-corrected chi connectivity index (χ3v) is 7.34. The molecule has 8 heteroatoms. The highest BCUT2D eigenvalue weighted by Gasteiger charge is 2.38. The molecule has 1 saturated carbocycles. The number of nitrogens with zero attached hydrogens (tertiary/aromatic N) is 3. The van der Waals surface area contributed by atoms with Crippen LogP contribution in [0.3, 0.4) is 0 Å². The van der Waals surface area contributed by atoms with E-state index in [0.717, 1.165) is 44.8 Å². The van der Waals surface area contributed by atoms with E-state index < -0.39 is 0 Å². The average Bonchev–Trinajstić information content (AvgIpc) is 3.31. The van der Waals surface area contributed by atoms with Crippen LogP contribution in [0.1, 0.15) is 44.7 Å². The topological polar surface area (TPSA) is 74.8 Å². The Kier molecular flexibility index (Phi) is 7.90. The van der Waals surface area contributed by atoms with Crippen molar-refractivity contribution in [3.8, 4) is 0 Å². The van der Waals surface area contributed by atoms with E-state index in [1.165, 1.54) is 43.6 Å². The van der Waals surface area contributed by atoms with Crippen LogP contribution in [0.15, 0.2) is 41.8 Å². The van der Waals surface area contributed by atoms with Gasteiger partial charge in [0.2, 0.25) is 11.8 Å². The number of rotatable bonds is 7. The molecule has 1 aliphatic carbocycles. The third kappa shape index (κ3) is 5.88. The molecule has 1 N–H and O–H groups in total. The first-order chi connectivity index (χ1) is 16.1. The Bertz CT molecular complexity index is 963. The first-order valence-electron chi connectivity index (χ1n) is 11.7. The largest absolute Gasteiger partial charge is 0.379 e. The standard InChI is InChI=1S/C25H32N4O3S/c1-20(30)29(22-8-4-2-5-9-22)24-27-21(18-33-24)10-11-23(31)26-19-25(12-6-3-7-13-25)28-14-16-32-17-15-28/h2,4-5,8-11,18H,3,6-7,12-17,19H2,1H3,(H,26,31)/b11-10+. The minimum absolute atomic E-state index is 0.0387. The van der Waals surface area contributed by atoms with Gasteiger partial charge in [-0.1, -0.05) is 37.5 Å². The maximum Gasteiger partial charge on any atom is 0.244 e. The quantitative estimate of drug-likeness (QED) is 0.622. The summed E-state index contributed by atoms with van der Waals surface area (Å²) in [4.78, 5) is 33.5. The SMILES string of the molecule is CC(=O)N(c1ccccc1)c1nc(/C=C/C(=O)NCC2(N3CCOCC3)CCCCC2)cs1. The fourth-order valence-electron chi connectivity index (χ4n) is 4.78. The second-order valence-corrected chi connectivity index (χ2v) is 9.52. The second kappa shape index (κ2) is 11.0. The number of ether oxygens (including phenoxy) is 1. The Morgan fingerprint density at radius 1 is 1.18 bits per heavy atom. The lowest BCUT2D eigenvalue weighted by Crippen LogP contribution is -2.59. The van der Waals surface area contributed by atoms with Gasteiger partial charge in [-0.25, -0.2) is 4.98 Å². The summed E-state index contributed by atoms with van der Waals surface area (Å²) in [5, 5.41) is 5.58. The molecular weight excluding hydrogens is 436 g/mol. The Labute approximate surface area is 199 Å². The smallest absolute Gasteiger partial charge is 0.244 e. The zero-order chi connectivity index (χ0) is 23.1. The normalized spacial score (nSPS) is 18.8. The molecule has 0 radical (unpaired) electrons. The minimum Gasteiger partial charge on any atom is -0.379 e. The minimum atomic E-state index is -0.116. The van der Waals surface area contributed by atoms with Crippen LogP contribution in [0.25, 0.3) is 6.08 Å². The number of amides is 2. The lowest BCUT2D eigenvalue weighted by atomic mass is 9.79. The number of hydrogen-bond donors (Lipinski definition) is 1. The van der Waals surface area contributed by atoms with Crippen molar-refractivity contribution in [3.63, 3.8) is 0 Å². The van der Waals surface area contributed by atoms with Gasteiger partial charge in [-0.05, 0) is 31.1 Å². The number of carbonyl (C=O) groups is 2. The summed E-state index contributed by atoms with van der Waals surface area (Å²) in [6.07, 6.45) is 9.17. The van der Waals surface area contributed by atoms with Gasteiger partial charge < -0.3 is 10.1 Å². The van der Waals surface area contributed by atoms with Gasteiger partial charge in [0.1, 0.15) is 0 Å². The van der Waals surface area contributed by atoms with Crippen molar-refractivity contribution in [1.29, 1.82) is 0 Å². The van der Waals surface area contributed by atoms with Gasteiger partial charge in [0, 0.05) is 43.6 Å². The van der Waals surface area contributed by atoms with Crippen LogP contribution in [0.2, 0.25) is 0 Å². The number of morpholine rings is 1. The van der Waals surface area contributed by atoms with Gasteiger partial charge >= 0.3 is 0 Å². The number of aromatic nitrogens is 1. The molecule has 4 rings (SSSR count). The zero-order valence-electron chi connectivity index (χ0n) is 19.2. The molecule has 176 valence electrons. The number of para-hydroxylation sites is 1.